The zero-order chi connectivity index (χ0) is 14.5. The third-order valence-corrected chi connectivity index (χ3v) is 3.73. The molecule has 112 valence electrons. The third-order valence-electron chi connectivity index (χ3n) is 3.73. The van der Waals surface area contributed by atoms with Crippen molar-refractivity contribution >= 4 is 0 Å². The van der Waals surface area contributed by atoms with Crippen LogP contribution in [0.15, 0.2) is 24.7 Å². The molecular formula is C15H21N5O. The van der Waals surface area contributed by atoms with Gasteiger partial charge >= 0.3 is 0 Å². The maximum Gasteiger partial charge on any atom is 0.115 e. The highest BCUT2D eigenvalue weighted by molar-refractivity contribution is 5.07. The minimum absolute atomic E-state index is 0.463. The number of aromatic nitrogens is 4. The zero-order valence-electron chi connectivity index (χ0n) is 12.3. The van der Waals surface area contributed by atoms with E-state index in [1.165, 1.54) is 0 Å². The summed E-state index contributed by atoms with van der Waals surface area (Å²) in [4.78, 5) is 10.9. The van der Waals surface area contributed by atoms with Gasteiger partial charge in [-0.2, -0.15) is 5.10 Å². The lowest BCUT2D eigenvalue weighted by atomic mass is 10.0. The zero-order valence-corrected chi connectivity index (χ0v) is 12.3. The molecule has 0 saturated carbocycles. The van der Waals surface area contributed by atoms with Crippen LogP contribution >= 0.6 is 0 Å². The predicted molar refractivity (Wildman–Crippen MR) is 78.6 cm³/mol. The second-order valence-electron chi connectivity index (χ2n) is 5.61. The molecule has 3 rings (SSSR count). The summed E-state index contributed by atoms with van der Waals surface area (Å²) in [6, 6.07) is 4.08. The minimum Gasteiger partial charge on any atom is -0.380 e. The van der Waals surface area contributed by atoms with Gasteiger partial charge in [-0.25, -0.2) is 9.97 Å². The first kappa shape index (κ1) is 14.2. The van der Waals surface area contributed by atoms with E-state index in [1.54, 1.807) is 12.5 Å². The Morgan fingerprint density at radius 1 is 1.43 bits per heavy atom. The van der Waals surface area contributed by atoms with E-state index in [1.807, 2.05) is 13.0 Å². The highest BCUT2D eigenvalue weighted by Crippen LogP contribution is 2.14. The van der Waals surface area contributed by atoms with Gasteiger partial charge in [0.2, 0.25) is 0 Å². The van der Waals surface area contributed by atoms with Crippen LogP contribution in [-0.4, -0.2) is 51.4 Å². The largest absolute Gasteiger partial charge is 0.380 e. The van der Waals surface area contributed by atoms with Crippen LogP contribution in [-0.2, 0) is 17.7 Å². The molecule has 6 heteroatoms. The molecule has 1 fully saturated rings. The molecule has 0 unspecified atom stereocenters. The van der Waals surface area contributed by atoms with Crippen molar-refractivity contribution in [1.29, 1.82) is 0 Å². The van der Waals surface area contributed by atoms with Crippen molar-refractivity contribution in [2.75, 3.05) is 26.3 Å². The molecule has 3 heterocycles. The predicted octanol–water partition coefficient (Wildman–Crippen LogP) is 1.20. The first-order valence-corrected chi connectivity index (χ1v) is 7.35. The molecule has 0 bridgehead atoms. The Kier molecular flexibility index (Phi) is 4.57. The van der Waals surface area contributed by atoms with Gasteiger partial charge in [-0.05, 0) is 25.5 Å². The third kappa shape index (κ3) is 4.09. The summed E-state index contributed by atoms with van der Waals surface area (Å²) in [5, 5.41) is 7.03. The van der Waals surface area contributed by atoms with Crippen molar-refractivity contribution in [2.24, 2.45) is 5.92 Å². The molecule has 0 amide bonds. The number of nitrogens with zero attached hydrogens (tertiary/aromatic N) is 4. The Bertz CT molecular complexity index is 557. The van der Waals surface area contributed by atoms with E-state index in [9.17, 15) is 0 Å². The van der Waals surface area contributed by atoms with Gasteiger partial charge in [0.15, 0.2) is 0 Å². The Morgan fingerprint density at radius 3 is 3.19 bits per heavy atom. The first-order chi connectivity index (χ1) is 10.3. The summed E-state index contributed by atoms with van der Waals surface area (Å²) in [6.07, 6.45) is 4.37. The highest BCUT2D eigenvalue weighted by atomic mass is 16.5. The topological polar surface area (TPSA) is 66.9 Å². The van der Waals surface area contributed by atoms with Gasteiger partial charge in [0, 0.05) is 48.8 Å². The maximum atomic E-state index is 5.75. The summed E-state index contributed by atoms with van der Waals surface area (Å²) in [6.45, 7) is 6.44. The lowest BCUT2D eigenvalue weighted by molar-refractivity contribution is 0.121. The van der Waals surface area contributed by atoms with Crippen molar-refractivity contribution in [1.82, 2.24) is 25.1 Å². The second-order valence-corrected chi connectivity index (χ2v) is 5.61. The number of nitrogens with one attached hydrogen (secondary N) is 1. The molecule has 2 aromatic heterocycles. The number of hydrogen-bond acceptors (Lipinski definition) is 5. The molecule has 0 aromatic carbocycles. The van der Waals surface area contributed by atoms with Gasteiger partial charge < -0.3 is 4.74 Å². The van der Waals surface area contributed by atoms with Gasteiger partial charge in [-0.1, -0.05) is 0 Å². The monoisotopic (exact) mass is 287 g/mol. The van der Waals surface area contributed by atoms with Crippen LogP contribution in [0.5, 0.6) is 0 Å². The van der Waals surface area contributed by atoms with Crippen molar-refractivity contribution < 1.29 is 4.74 Å². The smallest absolute Gasteiger partial charge is 0.115 e. The van der Waals surface area contributed by atoms with Crippen LogP contribution in [0.4, 0.5) is 0 Å². The number of hydrogen-bond donors (Lipinski definition) is 1. The minimum atomic E-state index is 0.463. The number of aromatic amines is 1. The van der Waals surface area contributed by atoms with E-state index in [4.69, 9.17) is 4.74 Å². The van der Waals surface area contributed by atoms with Gasteiger partial charge in [0.05, 0.1) is 13.2 Å². The van der Waals surface area contributed by atoms with Gasteiger partial charge in [0.1, 0.15) is 6.33 Å². The standard InChI is InChI=1S/C15H21N5O/c1-12-6-15(17-11-16-12)7-13-8-20(4-5-21-10-13)9-14-2-3-18-19-14/h2-3,6,11,13H,4-5,7-10H2,1H3,(H,18,19)/t13-/m0/s1. The van der Waals surface area contributed by atoms with E-state index in [0.29, 0.717) is 5.92 Å². The molecule has 0 aliphatic carbocycles. The van der Waals surface area contributed by atoms with Crippen LogP contribution in [0.25, 0.3) is 0 Å². The molecule has 1 aliphatic rings. The molecule has 1 saturated heterocycles. The molecule has 6 nitrogen and oxygen atoms in total. The number of ether oxygens (including phenoxy) is 1. The van der Waals surface area contributed by atoms with E-state index in [-0.39, 0.29) is 0 Å². The SMILES string of the molecule is Cc1cc(C[C@@H]2COCCN(Cc3ccn[nH]3)C2)ncn1. The lowest BCUT2D eigenvalue weighted by Gasteiger charge is -2.22. The van der Waals surface area contributed by atoms with E-state index in [0.717, 1.165) is 56.4 Å². The average Bonchev–Trinajstić information content (AvgIpc) is 2.86. The molecule has 1 aliphatic heterocycles. The fourth-order valence-corrected chi connectivity index (χ4v) is 2.75. The molecule has 1 atom stereocenters. The fourth-order valence-electron chi connectivity index (χ4n) is 2.75. The molecule has 2 aromatic rings. The molecular weight excluding hydrogens is 266 g/mol. The number of rotatable bonds is 4. The van der Waals surface area contributed by atoms with Crippen molar-refractivity contribution in [2.45, 2.75) is 19.9 Å². The molecule has 0 spiro atoms. The summed E-state index contributed by atoms with van der Waals surface area (Å²) in [5.41, 5.74) is 3.26. The van der Waals surface area contributed by atoms with Crippen LogP contribution < -0.4 is 0 Å². The summed E-state index contributed by atoms with van der Waals surface area (Å²) in [7, 11) is 0. The quantitative estimate of drug-likeness (QED) is 0.915. The molecule has 0 radical (unpaired) electrons. The Labute approximate surface area is 124 Å². The average molecular weight is 287 g/mol. The summed E-state index contributed by atoms with van der Waals surface area (Å²) < 4.78 is 5.75. The molecule has 1 N–H and O–H groups in total. The number of H-pyrrole nitrogens is 1. The van der Waals surface area contributed by atoms with Crippen molar-refractivity contribution in [3.63, 3.8) is 0 Å². The van der Waals surface area contributed by atoms with Gasteiger partial charge in [0.25, 0.3) is 0 Å². The van der Waals surface area contributed by atoms with Gasteiger partial charge in [-0.3, -0.25) is 10.00 Å². The van der Waals surface area contributed by atoms with Crippen LogP contribution in [0.2, 0.25) is 0 Å². The second kappa shape index (κ2) is 6.78. The van der Waals surface area contributed by atoms with E-state index in [2.05, 4.69) is 31.1 Å². The Balaban J connectivity index is 1.62. The van der Waals surface area contributed by atoms with Crippen molar-refractivity contribution in [3.05, 3.63) is 41.7 Å². The number of aryl methyl sites for hydroxylation is 1. The Hall–Kier alpha value is -1.79. The van der Waals surface area contributed by atoms with Gasteiger partial charge in [-0.15, -0.1) is 0 Å². The summed E-state index contributed by atoms with van der Waals surface area (Å²) in [5.74, 6) is 0.463. The Morgan fingerprint density at radius 2 is 2.38 bits per heavy atom. The summed E-state index contributed by atoms with van der Waals surface area (Å²) >= 11 is 0. The van der Waals surface area contributed by atoms with E-state index < -0.39 is 0 Å². The van der Waals surface area contributed by atoms with Crippen LogP contribution in [0.3, 0.4) is 0 Å². The van der Waals surface area contributed by atoms with Crippen LogP contribution in [0.1, 0.15) is 17.1 Å². The lowest BCUT2D eigenvalue weighted by Crippen LogP contribution is -2.30. The normalized spacial score (nSPS) is 20.3. The van der Waals surface area contributed by atoms with Crippen molar-refractivity contribution in [3.8, 4) is 0 Å². The van der Waals surface area contributed by atoms with Crippen LogP contribution in [0, 0.1) is 12.8 Å². The fraction of sp³-hybridized carbons (Fsp3) is 0.533. The maximum absolute atomic E-state index is 5.75. The van der Waals surface area contributed by atoms with E-state index >= 15 is 0 Å². The molecule has 21 heavy (non-hydrogen) atoms. The highest BCUT2D eigenvalue weighted by Gasteiger charge is 2.20. The first-order valence-electron chi connectivity index (χ1n) is 7.35.